The first-order valence-electron chi connectivity index (χ1n) is 7.07. The third-order valence-corrected chi connectivity index (χ3v) is 3.63. The molecule has 1 aromatic carbocycles. The third kappa shape index (κ3) is 3.63. The first-order chi connectivity index (χ1) is 9.22. The van der Waals surface area contributed by atoms with Crippen molar-refractivity contribution >= 4 is 0 Å². The molecule has 0 fully saturated rings. The Bertz CT molecular complexity index is 434. The molecule has 0 amide bonds. The van der Waals surface area contributed by atoms with E-state index in [4.69, 9.17) is 0 Å². The van der Waals surface area contributed by atoms with Crippen LogP contribution in [0.15, 0.2) is 29.8 Å². The second-order valence-electron chi connectivity index (χ2n) is 5.08. The Morgan fingerprint density at radius 3 is 2.58 bits per heavy atom. The monoisotopic (exact) mass is 265 g/mol. The summed E-state index contributed by atoms with van der Waals surface area (Å²) in [6.45, 7) is 2.97. The van der Waals surface area contributed by atoms with Gasteiger partial charge in [0.2, 0.25) is 0 Å². The highest BCUT2D eigenvalue weighted by Gasteiger charge is 2.20. The second kappa shape index (κ2) is 6.80. The molecule has 1 N–H and O–H groups in total. The molecule has 0 spiro atoms. The van der Waals surface area contributed by atoms with Crippen molar-refractivity contribution in [2.75, 3.05) is 6.54 Å². The van der Waals surface area contributed by atoms with E-state index in [1.165, 1.54) is 23.8 Å². The predicted octanol–water partition coefficient (Wildman–Crippen LogP) is 3.99. The molecule has 1 aromatic rings. The van der Waals surface area contributed by atoms with Crippen LogP contribution in [0.4, 0.5) is 8.78 Å². The molecular formula is C16H21F2N. The highest BCUT2D eigenvalue weighted by molar-refractivity contribution is 5.25. The van der Waals surface area contributed by atoms with E-state index >= 15 is 0 Å². The molecule has 1 aliphatic rings. The van der Waals surface area contributed by atoms with Crippen molar-refractivity contribution in [2.45, 2.75) is 45.1 Å². The molecule has 19 heavy (non-hydrogen) atoms. The van der Waals surface area contributed by atoms with Crippen molar-refractivity contribution in [2.24, 2.45) is 0 Å². The van der Waals surface area contributed by atoms with Crippen LogP contribution in [0.2, 0.25) is 0 Å². The van der Waals surface area contributed by atoms with Crippen molar-refractivity contribution in [3.8, 4) is 0 Å². The van der Waals surface area contributed by atoms with Crippen molar-refractivity contribution in [3.05, 3.63) is 47.0 Å². The minimum atomic E-state index is -0.443. The van der Waals surface area contributed by atoms with Crippen LogP contribution in [-0.4, -0.2) is 12.6 Å². The zero-order valence-corrected chi connectivity index (χ0v) is 11.4. The first kappa shape index (κ1) is 14.2. The summed E-state index contributed by atoms with van der Waals surface area (Å²) in [5.74, 6) is -0.885. The van der Waals surface area contributed by atoms with E-state index in [0.717, 1.165) is 32.2 Å². The van der Waals surface area contributed by atoms with E-state index in [1.807, 2.05) is 0 Å². The van der Waals surface area contributed by atoms with E-state index in [9.17, 15) is 8.78 Å². The lowest BCUT2D eigenvalue weighted by Crippen LogP contribution is -2.33. The van der Waals surface area contributed by atoms with Crippen molar-refractivity contribution in [3.63, 3.8) is 0 Å². The summed E-state index contributed by atoms with van der Waals surface area (Å²) in [4.78, 5) is 0. The van der Waals surface area contributed by atoms with Crippen LogP contribution in [0.25, 0.3) is 0 Å². The summed E-state index contributed by atoms with van der Waals surface area (Å²) in [7, 11) is 0. The van der Waals surface area contributed by atoms with Gasteiger partial charge in [0.15, 0.2) is 0 Å². The number of rotatable bonds is 6. The van der Waals surface area contributed by atoms with Gasteiger partial charge in [-0.2, -0.15) is 0 Å². The Balaban J connectivity index is 2.15. The minimum Gasteiger partial charge on any atom is -0.310 e. The Kier molecular flexibility index (Phi) is 5.08. The molecule has 3 heteroatoms. The van der Waals surface area contributed by atoms with Crippen LogP contribution in [0.5, 0.6) is 0 Å². The van der Waals surface area contributed by atoms with E-state index in [-0.39, 0.29) is 11.6 Å². The highest BCUT2D eigenvalue weighted by Crippen LogP contribution is 2.24. The van der Waals surface area contributed by atoms with Crippen LogP contribution < -0.4 is 5.32 Å². The van der Waals surface area contributed by atoms with Crippen LogP contribution in [-0.2, 0) is 6.42 Å². The minimum absolute atomic E-state index is 0.0637. The average Bonchev–Trinajstić information content (AvgIpc) is 2.91. The summed E-state index contributed by atoms with van der Waals surface area (Å²) in [5.41, 5.74) is 1.50. The Hall–Kier alpha value is -1.22. The maximum atomic E-state index is 13.7. The number of hydrogen-bond acceptors (Lipinski definition) is 1. The normalized spacial score (nSPS) is 16.5. The topological polar surface area (TPSA) is 12.0 Å². The number of allylic oxidation sites excluding steroid dienone is 1. The summed E-state index contributed by atoms with van der Waals surface area (Å²) in [6.07, 6.45) is 6.90. The van der Waals surface area contributed by atoms with Gasteiger partial charge in [-0.1, -0.05) is 24.6 Å². The second-order valence-corrected chi connectivity index (χ2v) is 5.08. The van der Waals surface area contributed by atoms with Crippen LogP contribution in [0, 0.1) is 11.6 Å². The SMILES string of the molecule is CCCNC(Cc1c(F)cccc1F)C1=CCCC1. The van der Waals surface area contributed by atoms with Crippen molar-refractivity contribution in [1.29, 1.82) is 0 Å². The van der Waals surface area contributed by atoms with Gasteiger partial charge >= 0.3 is 0 Å². The molecule has 0 bridgehead atoms. The third-order valence-electron chi connectivity index (χ3n) is 3.63. The molecular weight excluding hydrogens is 244 g/mol. The summed E-state index contributed by atoms with van der Waals surface area (Å²) in [6, 6.07) is 4.14. The van der Waals surface area contributed by atoms with Crippen LogP contribution >= 0.6 is 0 Å². The molecule has 0 aliphatic heterocycles. The van der Waals surface area contributed by atoms with Gasteiger partial charge in [-0.3, -0.25) is 0 Å². The Morgan fingerprint density at radius 2 is 2.00 bits per heavy atom. The number of benzene rings is 1. The quantitative estimate of drug-likeness (QED) is 0.767. The van der Waals surface area contributed by atoms with Crippen LogP contribution in [0.1, 0.15) is 38.2 Å². The van der Waals surface area contributed by atoms with Gasteiger partial charge in [0.05, 0.1) is 0 Å². The highest BCUT2D eigenvalue weighted by atomic mass is 19.1. The largest absolute Gasteiger partial charge is 0.310 e. The molecule has 0 heterocycles. The average molecular weight is 265 g/mol. The molecule has 1 atom stereocenters. The zero-order valence-electron chi connectivity index (χ0n) is 11.4. The van der Waals surface area contributed by atoms with E-state index < -0.39 is 11.6 Å². The lowest BCUT2D eigenvalue weighted by Gasteiger charge is -2.21. The van der Waals surface area contributed by atoms with Gasteiger partial charge in [-0.25, -0.2) is 8.78 Å². The molecule has 1 aliphatic carbocycles. The van der Waals surface area contributed by atoms with Gasteiger partial charge in [0, 0.05) is 11.6 Å². The molecule has 0 saturated heterocycles. The zero-order chi connectivity index (χ0) is 13.7. The fraction of sp³-hybridized carbons (Fsp3) is 0.500. The lowest BCUT2D eigenvalue weighted by molar-refractivity contribution is 0.506. The molecule has 0 aromatic heterocycles. The fourth-order valence-electron chi connectivity index (χ4n) is 2.60. The van der Waals surface area contributed by atoms with Gasteiger partial charge in [0.25, 0.3) is 0 Å². The predicted molar refractivity (Wildman–Crippen MR) is 74.1 cm³/mol. The lowest BCUT2D eigenvalue weighted by atomic mass is 9.97. The first-order valence-corrected chi connectivity index (χ1v) is 7.07. The number of hydrogen-bond donors (Lipinski definition) is 1. The van der Waals surface area contributed by atoms with Gasteiger partial charge < -0.3 is 5.32 Å². The molecule has 1 nitrogen and oxygen atoms in total. The molecule has 2 rings (SSSR count). The van der Waals surface area contributed by atoms with Crippen molar-refractivity contribution in [1.82, 2.24) is 5.32 Å². The van der Waals surface area contributed by atoms with Gasteiger partial charge in [0.1, 0.15) is 11.6 Å². The van der Waals surface area contributed by atoms with E-state index in [0.29, 0.717) is 6.42 Å². The summed E-state index contributed by atoms with van der Waals surface area (Å²) in [5, 5.41) is 3.41. The molecule has 0 radical (unpaired) electrons. The Morgan fingerprint density at radius 1 is 1.26 bits per heavy atom. The maximum Gasteiger partial charge on any atom is 0.129 e. The maximum absolute atomic E-state index is 13.7. The molecule has 104 valence electrons. The number of nitrogens with one attached hydrogen (secondary N) is 1. The number of halogens is 2. The fourth-order valence-corrected chi connectivity index (χ4v) is 2.60. The Labute approximate surface area is 113 Å². The van der Waals surface area contributed by atoms with Crippen molar-refractivity contribution < 1.29 is 8.78 Å². The summed E-state index contributed by atoms with van der Waals surface area (Å²) >= 11 is 0. The summed E-state index contributed by atoms with van der Waals surface area (Å²) < 4.78 is 27.5. The van der Waals surface area contributed by atoms with Crippen LogP contribution in [0.3, 0.4) is 0 Å². The standard InChI is InChI=1S/C16H21F2N/c1-2-10-19-16(12-6-3-4-7-12)11-13-14(17)8-5-9-15(13)18/h5-6,8-9,16,19H,2-4,7,10-11H2,1H3. The molecule has 1 unspecified atom stereocenters. The van der Waals surface area contributed by atoms with Gasteiger partial charge in [-0.05, 0) is 50.8 Å². The van der Waals surface area contributed by atoms with E-state index in [1.54, 1.807) is 0 Å². The van der Waals surface area contributed by atoms with Gasteiger partial charge in [-0.15, -0.1) is 0 Å². The van der Waals surface area contributed by atoms with E-state index in [2.05, 4.69) is 18.3 Å². The smallest absolute Gasteiger partial charge is 0.129 e. The molecule has 0 saturated carbocycles.